The van der Waals surface area contributed by atoms with E-state index in [1.807, 2.05) is 78.9 Å². The predicted molar refractivity (Wildman–Crippen MR) is 103 cm³/mol. The van der Waals surface area contributed by atoms with Crippen LogP contribution >= 0.6 is 0 Å². The average Bonchev–Trinajstić information content (AvgIpc) is 2.67. The van der Waals surface area contributed by atoms with Crippen LogP contribution in [0, 0.1) is 0 Å². The first kappa shape index (κ1) is 17.7. The maximum absolute atomic E-state index is 11.4. The molecule has 3 nitrogen and oxygen atoms in total. The van der Waals surface area contributed by atoms with Crippen molar-refractivity contribution in [1.82, 2.24) is 0 Å². The Labute approximate surface area is 153 Å². The van der Waals surface area contributed by atoms with Gasteiger partial charge in [-0.05, 0) is 48.2 Å². The lowest BCUT2D eigenvalue weighted by atomic mass is 9.84. The van der Waals surface area contributed by atoms with Crippen molar-refractivity contribution >= 4 is 5.97 Å². The number of ether oxygens (including phenoxy) is 1. The van der Waals surface area contributed by atoms with Gasteiger partial charge in [0.1, 0.15) is 12.4 Å². The lowest BCUT2D eigenvalue weighted by Gasteiger charge is -2.19. The van der Waals surface area contributed by atoms with E-state index in [9.17, 15) is 9.90 Å². The van der Waals surface area contributed by atoms with Crippen molar-refractivity contribution in [2.75, 3.05) is 0 Å². The largest absolute Gasteiger partial charge is 0.489 e. The van der Waals surface area contributed by atoms with Crippen LogP contribution in [0.3, 0.4) is 0 Å². The molecule has 0 heterocycles. The van der Waals surface area contributed by atoms with Crippen LogP contribution in [0.15, 0.2) is 78.9 Å². The molecule has 0 spiro atoms. The molecule has 0 aliphatic heterocycles. The van der Waals surface area contributed by atoms with Gasteiger partial charge in [-0.25, -0.2) is 0 Å². The number of carbonyl (C=O) groups is 1. The van der Waals surface area contributed by atoms with Crippen molar-refractivity contribution in [3.63, 3.8) is 0 Å². The Bertz CT molecular complexity index is 864. The van der Waals surface area contributed by atoms with Gasteiger partial charge in [0.25, 0.3) is 0 Å². The molecular formula is C23H22O3. The predicted octanol–water partition coefficient (Wildman–Crippen LogP) is 5.29. The molecule has 0 atom stereocenters. The Morgan fingerprint density at radius 1 is 0.846 bits per heavy atom. The number of aliphatic carboxylic acids is 1. The highest BCUT2D eigenvalue weighted by atomic mass is 16.5. The summed E-state index contributed by atoms with van der Waals surface area (Å²) in [4.78, 5) is 11.4. The number of rotatable bonds is 6. The normalized spacial score (nSPS) is 11.2. The van der Waals surface area contributed by atoms with E-state index in [0.29, 0.717) is 6.61 Å². The third-order valence-electron chi connectivity index (χ3n) is 4.58. The van der Waals surface area contributed by atoms with E-state index in [1.54, 1.807) is 13.8 Å². The maximum atomic E-state index is 11.4. The minimum atomic E-state index is -0.895. The second-order valence-electron chi connectivity index (χ2n) is 6.81. The van der Waals surface area contributed by atoms with Crippen molar-refractivity contribution < 1.29 is 14.6 Å². The summed E-state index contributed by atoms with van der Waals surface area (Å²) in [6.07, 6.45) is 0. The van der Waals surface area contributed by atoms with Crippen LogP contribution in [0.2, 0.25) is 0 Å². The Morgan fingerprint density at radius 2 is 1.38 bits per heavy atom. The van der Waals surface area contributed by atoms with Crippen molar-refractivity contribution in [2.24, 2.45) is 0 Å². The SMILES string of the molecule is CC(C)(C(=O)O)c1ccc(-c2ccc(OCc3ccccc3)cc2)cc1. The molecule has 0 radical (unpaired) electrons. The number of benzene rings is 3. The number of carboxylic acid groups (broad SMARTS) is 1. The Balaban J connectivity index is 1.69. The molecule has 3 aromatic rings. The minimum absolute atomic E-state index is 0.541. The van der Waals surface area contributed by atoms with E-state index in [4.69, 9.17) is 4.74 Å². The van der Waals surface area contributed by atoms with Gasteiger partial charge < -0.3 is 9.84 Å². The van der Waals surface area contributed by atoms with Gasteiger partial charge in [-0.1, -0.05) is 66.7 Å². The minimum Gasteiger partial charge on any atom is -0.489 e. The molecule has 0 amide bonds. The van der Waals surface area contributed by atoms with Crippen LogP contribution in [-0.4, -0.2) is 11.1 Å². The van der Waals surface area contributed by atoms with Gasteiger partial charge >= 0.3 is 5.97 Å². The summed E-state index contributed by atoms with van der Waals surface area (Å²) in [7, 11) is 0. The summed E-state index contributed by atoms with van der Waals surface area (Å²) in [5, 5.41) is 9.33. The van der Waals surface area contributed by atoms with E-state index >= 15 is 0 Å². The van der Waals surface area contributed by atoms with Gasteiger partial charge in [0.2, 0.25) is 0 Å². The van der Waals surface area contributed by atoms with Crippen molar-refractivity contribution in [1.29, 1.82) is 0 Å². The third-order valence-corrected chi connectivity index (χ3v) is 4.58. The van der Waals surface area contributed by atoms with E-state index in [2.05, 4.69) is 0 Å². The van der Waals surface area contributed by atoms with Crippen LogP contribution in [0.25, 0.3) is 11.1 Å². The van der Waals surface area contributed by atoms with E-state index in [1.165, 1.54) is 0 Å². The molecule has 0 saturated carbocycles. The van der Waals surface area contributed by atoms with Gasteiger partial charge in [0, 0.05) is 0 Å². The van der Waals surface area contributed by atoms with Crippen LogP contribution < -0.4 is 4.74 Å². The lowest BCUT2D eigenvalue weighted by Crippen LogP contribution is -2.28. The fraction of sp³-hybridized carbons (Fsp3) is 0.174. The van der Waals surface area contributed by atoms with Crippen LogP contribution in [0.4, 0.5) is 0 Å². The Hall–Kier alpha value is -3.07. The molecule has 26 heavy (non-hydrogen) atoms. The second-order valence-corrected chi connectivity index (χ2v) is 6.81. The summed E-state index contributed by atoms with van der Waals surface area (Å²) in [6, 6.07) is 25.7. The van der Waals surface area contributed by atoms with E-state index < -0.39 is 11.4 Å². The maximum Gasteiger partial charge on any atom is 0.313 e. The van der Waals surface area contributed by atoms with Gasteiger partial charge in [0.15, 0.2) is 0 Å². The molecule has 3 aromatic carbocycles. The van der Waals surface area contributed by atoms with Gasteiger partial charge in [-0.15, -0.1) is 0 Å². The van der Waals surface area contributed by atoms with Crippen molar-refractivity contribution in [2.45, 2.75) is 25.9 Å². The molecule has 0 saturated heterocycles. The fourth-order valence-corrected chi connectivity index (χ4v) is 2.69. The third kappa shape index (κ3) is 3.94. The summed E-state index contributed by atoms with van der Waals surface area (Å²) < 4.78 is 5.81. The summed E-state index contributed by atoms with van der Waals surface area (Å²) >= 11 is 0. The zero-order chi connectivity index (χ0) is 18.6. The highest BCUT2D eigenvalue weighted by Gasteiger charge is 2.29. The number of hydrogen-bond acceptors (Lipinski definition) is 2. The molecule has 0 aromatic heterocycles. The van der Waals surface area contributed by atoms with E-state index in [0.717, 1.165) is 28.0 Å². The first-order valence-corrected chi connectivity index (χ1v) is 8.58. The Kier molecular flexibility index (Phi) is 5.08. The number of hydrogen-bond donors (Lipinski definition) is 1. The topological polar surface area (TPSA) is 46.5 Å². The summed E-state index contributed by atoms with van der Waals surface area (Å²) in [6.45, 7) is 3.96. The fourth-order valence-electron chi connectivity index (χ4n) is 2.69. The molecule has 0 aliphatic rings. The van der Waals surface area contributed by atoms with Gasteiger partial charge in [0.05, 0.1) is 5.41 Å². The van der Waals surface area contributed by atoms with Gasteiger partial charge in [-0.2, -0.15) is 0 Å². The van der Waals surface area contributed by atoms with Crippen LogP contribution in [-0.2, 0) is 16.8 Å². The molecule has 3 heteroatoms. The van der Waals surface area contributed by atoms with Crippen molar-refractivity contribution in [3.8, 4) is 16.9 Å². The average molecular weight is 346 g/mol. The zero-order valence-electron chi connectivity index (χ0n) is 15.0. The van der Waals surface area contributed by atoms with Gasteiger partial charge in [-0.3, -0.25) is 4.79 Å². The lowest BCUT2D eigenvalue weighted by molar-refractivity contribution is -0.142. The highest BCUT2D eigenvalue weighted by Crippen LogP contribution is 2.28. The van der Waals surface area contributed by atoms with Crippen molar-refractivity contribution in [3.05, 3.63) is 90.0 Å². The molecular weight excluding hydrogens is 324 g/mol. The van der Waals surface area contributed by atoms with Crippen LogP contribution in [0.1, 0.15) is 25.0 Å². The Morgan fingerprint density at radius 3 is 1.92 bits per heavy atom. The molecule has 0 bridgehead atoms. The molecule has 132 valence electrons. The first-order valence-electron chi connectivity index (χ1n) is 8.58. The smallest absolute Gasteiger partial charge is 0.313 e. The first-order chi connectivity index (χ1) is 12.5. The molecule has 0 unspecified atom stereocenters. The second kappa shape index (κ2) is 7.44. The van der Waals surface area contributed by atoms with Crippen LogP contribution in [0.5, 0.6) is 5.75 Å². The molecule has 0 aliphatic carbocycles. The summed E-state index contributed by atoms with van der Waals surface area (Å²) in [5.41, 5.74) is 3.14. The van der Waals surface area contributed by atoms with E-state index in [-0.39, 0.29) is 0 Å². The summed E-state index contributed by atoms with van der Waals surface area (Å²) in [5.74, 6) is -0.00796. The monoisotopic (exact) mass is 346 g/mol. The highest BCUT2D eigenvalue weighted by molar-refractivity contribution is 5.80. The zero-order valence-corrected chi connectivity index (χ0v) is 15.0. The standard InChI is InChI=1S/C23H22O3/c1-23(2,22(24)25)20-12-8-18(9-13-20)19-10-14-21(15-11-19)26-16-17-6-4-3-5-7-17/h3-15H,16H2,1-2H3,(H,24,25). The molecule has 1 N–H and O–H groups in total. The number of carboxylic acids is 1. The quantitative estimate of drug-likeness (QED) is 0.659. The molecule has 0 fully saturated rings. The molecule has 3 rings (SSSR count).